The summed E-state index contributed by atoms with van der Waals surface area (Å²) in [5.41, 5.74) is 1.72. The molecule has 0 atom stereocenters. The number of aromatic hydroxyl groups is 1. The predicted octanol–water partition coefficient (Wildman–Crippen LogP) is 2.86. The maximum atomic E-state index is 12.9. The molecule has 7 nitrogen and oxygen atoms in total. The van der Waals surface area contributed by atoms with Crippen molar-refractivity contribution in [3.05, 3.63) is 52.8 Å². The fourth-order valence-electron chi connectivity index (χ4n) is 3.60. The topological polar surface area (TPSA) is 77.5 Å². The van der Waals surface area contributed by atoms with Crippen molar-refractivity contribution in [3.8, 4) is 23.0 Å². The molecule has 152 valence electrons. The van der Waals surface area contributed by atoms with Crippen molar-refractivity contribution in [1.82, 2.24) is 4.90 Å². The van der Waals surface area contributed by atoms with Crippen LogP contribution in [0.15, 0.2) is 36.1 Å². The third-order valence-corrected chi connectivity index (χ3v) is 5.12. The maximum Gasteiger partial charge on any atom is 0.231 e. The van der Waals surface area contributed by atoms with Crippen molar-refractivity contribution < 1.29 is 28.8 Å². The summed E-state index contributed by atoms with van der Waals surface area (Å²) < 4.78 is 22.1. The van der Waals surface area contributed by atoms with Gasteiger partial charge < -0.3 is 24.1 Å². The zero-order valence-corrected chi connectivity index (χ0v) is 16.4. The summed E-state index contributed by atoms with van der Waals surface area (Å²) in [5, 5.41) is 10.4. The SMILES string of the molecule is COc1cccc(C=C2Oc3c(ccc(O)c3CN3CCOCC3)C2=O)c1OC. The summed E-state index contributed by atoms with van der Waals surface area (Å²) >= 11 is 0. The minimum atomic E-state index is -0.229. The summed E-state index contributed by atoms with van der Waals surface area (Å²) in [5.74, 6) is 1.56. The quantitative estimate of drug-likeness (QED) is 0.778. The Kier molecular flexibility index (Phi) is 5.42. The number of morpholine rings is 1. The summed E-state index contributed by atoms with van der Waals surface area (Å²) in [6, 6.07) is 8.56. The molecule has 0 saturated carbocycles. The van der Waals surface area contributed by atoms with Crippen LogP contribution in [0.4, 0.5) is 0 Å². The average molecular weight is 397 g/mol. The van der Waals surface area contributed by atoms with Crippen molar-refractivity contribution in [1.29, 1.82) is 0 Å². The first-order chi connectivity index (χ1) is 14.1. The molecule has 4 rings (SSSR count). The van der Waals surface area contributed by atoms with Gasteiger partial charge in [0, 0.05) is 25.2 Å². The molecule has 29 heavy (non-hydrogen) atoms. The van der Waals surface area contributed by atoms with Gasteiger partial charge in [0.1, 0.15) is 11.5 Å². The molecule has 1 fully saturated rings. The van der Waals surface area contributed by atoms with Crippen LogP contribution < -0.4 is 14.2 Å². The molecule has 2 aromatic rings. The summed E-state index contributed by atoms with van der Waals surface area (Å²) in [6.45, 7) is 3.32. The van der Waals surface area contributed by atoms with Crippen LogP contribution in [0.1, 0.15) is 21.5 Å². The first kappa shape index (κ1) is 19.3. The number of carbonyl (C=O) groups is 1. The van der Waals surface area contributed by atoms with Crippen LogP contribution in [0.25, 0.3) is 6.08 Å². The number of para-hydroxylation sites is 1. The van der Waals surface area contributed by atoms with Crippen LogP contribution in [0, 0.1) is 0 Å². The molecule has 0 spiro atoms. The molecule has 2 aliphatic rings. The highest BCUT2D eigenvalue weighted by atomic mass is 16.5. The number of fused-ring (bicyclic) bond motifs is 1. The Labute approximate surface area is 169 Å². The highest BCUT2D eigenvalue weighted by molar-refractivity contribution is 6.15. The third kappa shape index (κ3) is 3.66. The number of methoxy groups -OCH3 is 2. The number of ketones is 1. The van der Waals surface area contributed by atoms with E-state index in [1.165, 1.54) is 0 Å². The smallest absolute Gasteiger partial charge is 0.231 e. The maximum absolute atomic E-state index is 12.9. The Morgan fingerprint density at radius 2 is 1.93 bits per heavy atom. The second-order valence-electron chi connectivity index (χ2n) is 6.85. The number of hydrogen-bond acceptors (Lipinski definition) is 7. The van der Waals surface area contributed by atoms with E-state index in [9.17, 15) is 9.90 Å². The third-order valence-electron chi connectivity index (χ3n) is 5.12. The first-order valence-corrected chi connectivity index (χ1v) is 9.42. The van der Waals surface area contributed by atoms with Gasteiger partial charge in [-0.2, -0.15) is 0 Å². The molecule has 2 heterocycles. The number of benzene rings is 2. The van der Waals surface area contributed by atoms with E-state index in [1.54, 1.807) is 38.5 Å². The van der Waals surface area contributed by atoms with Gasteiger partial charge in [0.2, 0.25) is 5.78 Å². The molecule has 0 aromatic heterocycles. The number of phenols is 1. The minimum Gasteiger partial charge on any atom is -0.507 e. The van der Waals surface area contributed by atoms with E-state index in [4.69, 9.17) is 18.9 Å². The molecular formula is C22H23NO6. The van der Waals surface area contributed by atoms with Gasteiger partial charge in [0.05, 0.1) is 38.6 Å². The van der Waals surface area contributed by atoms with E-state index in [-0.39, 0.29) is 17.3 Å². The van der Waals surface area contributed by atoms with Gasteiger partial charge in [-0.25, -0.2) is 0 Å². The van der Waals surface area contributed by atoms with Crippen LogP contribution in [0.5, 0.6) is 23.0 Å². The van der Waals surface area contributed by atoms with Crippen LogP contribution >= 0.6 is 0 Å². The lowest BCUT2D eigenvalue weighted by atomic mass is 10.0. The Bertz CT molecular complexity index is 962. The van der Waals surface area contributed by atoms with Gasteiger partial charge in [-0.3, -0.25) is 9.69 Å². The number of nitrogens with zero attached hydrogens (tertiary/aromatic N) is 1. The van der Waals surface area contributed by atoms with Gasteiger partial charge in [0.25, 0.3) is 0 Å². The number of ether oxygens (including phenoxy) is 4. The number of rotatable bonds is 5. The molecule has 7 heteroatoms. The summed E-state index contributed by atoms with van der Waals surface area (Å²) in [6.07, 6.45) is 1.64. The molecule has 0 unspecified atom stereocenters. The Morgan fingerprint density at radius 1 is 1.14 bits per heavy atom. The zero-order valence-electron chi connectivity index (χ0n) is 16.4. The highest BCUT2D eigenvalue weighted by Crippen LogP contribution is 2.41. The van der Waals surface area contributed by atoms with Gasteiger partial charge >= 0.3 is 0 Å². The van der Waals surface area contributed by atoms with E-state index in [1.807, 2.05) is 12.1 Å². The monoisotopic (exact) mass is 397 g/mol. The lowest BCUT2D eigenvalue weighted by molar-refractivity contribution is 0.0336. The first-order valence-electron chi connectivity index (χ1n) is 9.42. The van der Waals surface area contributed by atoms with Crippen molar-refractivity contribution in [2.45, 2.75) is 6.54 Å². The fourth-order valence-corrected chi connectivity index (χ4v) is 3.60. The van der Waals surface area contributed by atoms with Crippen molar-refractivity contribution >= 4 is 11.9 Å². The molecule has 0 amide bonds. The van der Waals surface area contributed by atoms with E-state index in [0.29, 0.717) is 53.7 Å². The zero-order chi connectivity index (χ0) is 20.4. The second kappa shape index (κ2) is 8.14. The van der Waals surface area contributed by atoms with Gasteiger partial charge in [-0.15, -0.1) is 0 Å². The lowest BCUT2D eigenvalue weighted by Gasteiger charge is -2.27. The standard InChI is InChI=1S/C22H23NO6/c1-26-18-5-3-4-14(21(18)27-2)12-19-20(25)15-6-7-17(24)16(22(15)29-19)13-23-8-10-28-11-9-23/h3-7,12,24H,8-11,13H2,1-2H3. The molecule has 2 aliphatic heterocycles. The van der Waals surface area contributed by atoms with Gasteiger partial charge in [-0.05, 0) is 24.3 Å². The normalized spacial score (nSPS) is 17.9. The molecule has 1 saturated heterocycles. The fraction of sp³-hybridized carbons (Fsp3) is 0.318. The summed E-state index contributed by atoms with van der Waals surface area (Å²) in [4.78, 5) is 15.1. The van der Waals surface area contributed by atoms with Crippen LogP contribution in [0.2, 0.25) is 0 Å². The molecule has 2 aromatic carbocycles. The Balaban J connectivity index is 1.68. The molecule has 0 bridgehead atoms. The average Bonchev–Trinajstić information content (AvgIpc) is 3.06. The second-order valence-corrected chi connectivity index (χ2v) is 6.85. The van der Waals surface area contributed by atoms with Gasteiger partial charge in [-0.1, -0.05) is 12.1 Å². The number of allylic oxidation sites excluding steroid dienone is 1. The Morgan fingerprint density at radius 3 is 2.66 bits per heavy atom. The van der Waals surface area contributed by atoms with Gasteiger partial charge in [0.15, 0.2) is 17.3 Å². The van der Waals surface area contributed by atoms with Crippen LogP contribution in [0.3, 0.4) is 0 Å². The number of phenolic OH excluding ortho intramolecular Hbond substituents is 1. The van der Waals surface area contributed by atoms with Crippen LogP contribution in [-0.4, -0.2) is 56.3 Å². The lowest BCUT2D eigenvalue weighted by Crippen LogP contribution is -2.35. The van der Waals surface area contributed by atoms with E-state index >= 15 is 0 Å². The summed E-state index contributed by atoms with van der Waals surface area (Å²) in [7, 11) is 3.10. The molecule has 0 radical (unpaired) electrons. The number of hydrogen-bond donors (Lipinski definition) is 1. The molecule has 0 aliphatic carbocycles. The number of carbonyl (C=O) groups excluding carboxylic acids is 1. The molecular weight excluding hydrogens is 374 g/mol. The Hall–Kier alpha value is -3.03. The largest absolute Gasteiger partial charge is 0.507 e. The van der Waals surface area contributed by atoms with Crippen molar-refractivity contribution in [2.75, 3.05) is 40.5 Å². The van der Waals surface area contributed by atoms with Crippen molar-refractivity contribution in [3.63, 3.8) is 0 Å². The van der Waals surface area contributed by atoms with E-state index < -0.39 is 0 Å². The number of Topliss-reactive ketones (excluding diaryl/α,β-unsaturated/α-hetero) is 1. The van der Waals surface area contributed by atoms with Crippen molar-refractivity contribution in [2.24, 2.45) is 0 Å². The van der Waals surface area contributed by atoms with E-state index in [0.717, 1.165) is 13.1 Å². The highest BCUT2D eigenvalue weighted by Gasteiger charge is 2.32. The molecule has 1 N–H and O–H groups in total. The predicted molar refractivity (Wildman–Crippen MR) is 107 cm³/mol. The van der Waals surface area contributed by atoms with Crippen LogP contribution in [-0.2, 0) is 11.3 Å². The minimum absolute atomic E-state index is 0.114. The van der Waals surface area contributed by atoms with E-state index in [2.05, 4.69) is 4.90 Å².